The average molecular weight is 198 g/mol. The number of rotatable bonds is 0. The van der Waals surface area contributed by atoms with Crippen LogP contribution in [0.3, 0.4) is 0 Å². The van der Waals surface area contributed by atoms with Crippen LogP contribution in [0.15, 0.2) is 15.3 Å². The number of hydrogen-bond acceptors (Lipinski definition) is 6. The van der Waals surface area contributed by atoms with Crippen LogP contribution in [-0.4, -0.2) is 41.5 Å². The van der Waals surface area contributed by atoms with Crippen molar-refractivity contribution >= 4 is 17.6 Å². The van der Waals surface area contributed by atoms with E-state index < -0.39 is 0 Å². The van der Waals surface area contributed by atoms with Crippen molar-refractivity contribution < 1.29 is 0 Å². The Morgan fingerprint density at radius 1 is 0.929 bits per heavy atom. The minimum Gasteiger partial charge on any atom is -0.322 e. The van der Waals surface area contributed by atoms with Crippen molar-refractivity contribution in [1.29, 1.82) is 0 Å². The van der Waals surface area contributed by atoms with Crippen LogP contribution in [0.25, 0.3) is 0 Å². The van der Waals surface area contributed by atoms with Gasteiger partial charge in [-0.3, -0.25) is 9.80 Å². The van der Waals surface area contributed by atoms with Crippen LogP contribution >= 0.6 is 0 Å². The maximum absolute atomic E-state index is 5.23. The van der Waals surface area contributed by atoms with Crippen LogP contribution in [-0.2, 0) is 0 Å². The monoisotopic (exact) mass is 198 g/mol. The van der Waals surface area contributed by atoms with Crippen molar-refractivity contribution in [3.63, 3.8) is 0 Å². The standard InChI is InChI=1S/C6H14N8/c1-13-4(10-7)3-5(11-8)14(2)6(13)12-9/h3,7-9H2,1-2H3. The molecule has 0 aliphatic carbocycles. The third kappa shape index (κ3) is 1.41. The van der Waals surface area contributed by atoms with Gasteiger partial charge in [0.1, 0.15) is 11.7 Å². The lowest BCUT2D eigenvalue weighted by Gasteiger charge is -2.34. The molecule has 0 saturated carbocycles. The van der Waals surface area contributed by atoms with Gasteiger partial charge in [0.2, 0.25) is 5.96 Å². The highest BCUT2D eigenvalue weighted by Gasteiger charge is 2.28. The molecule has 0 aromatic heterocycles. The summed E-state index contributed by atoms with van der Waals surface area (Å²) in [5.41, 5.74) is 0. The summed E-state index contributed by atoms with van der Waals surface area (Å²) >= 11 is 0. The Balaban J connectivity index is 3.08. The summed E-state index contributed by atoms with van der Waals surface area (Å²) in [6, 6.07) is 0. The lowest BCUT2D eigenvalue weighted by Crippen LogP contribution is -2.53. The Morgan fingerprint density at radius 3 is 1.64 bits per heavy atom. The number of nitrogens with two attached hydrogens (primary N) is 3. The summed E-state index contributed by atoms with van der Waals surface area (Å²) in [7, 11) is 3.53. The van der Waals surface area contributed by atoms with E-state index in [1.807, 2.05) is 0 Å². The van der Waals surface area contributed by atoms with E-state index >= 15 is 0 Å². The first-order valence-electron chi connectivity index (χ1n) is 3.94. The van der Waals surface area contributed by atoms with Gasteiger partial charge in [-0.15, -0.1) is 5.10 Å². The second-order valence-corrected chi connectivity index (χ2v) is 2.81. The van der Waals surface area contributed by atoms with E-state index in [-0.39, 0.29) is 0 Å². The zero-order chi connectivity index (χ0) is 10.7. The molecule has 0 spiro atoms. The molecule has 0 atom stereocenters. The molecule has 1 aliphatic rings. The van der Waals surface area contributed by atoms with Gasteiger partial charge < -0.3 is 17.5 Å². The fraction of sp³-hybridized carbons (Fsp3) is 0.500. The molecule has 1 aliphatic heterocycles. The van der Waals surface area contributed by atoms with Crippen molar-refractivity contribution in [2.24, 2.45) is 32.8 Å². The number of guanidine groups is 1. The molecule has 8 nitrogen and oxygen atoms in total. The first-order chi connectivity index (χ1) is 6.65. The molecule has 1 rings (SSSR count). The fourth-order valence-electron chi connectivity index (χ4n) is 1.27. The molecule has 1 heterocycles. The molecular formula is C6H14N8. The van der Waals surface area contributed by atoms with E-state index in [4.69, 9.17) is 17.5 Å². The van der Waals surface area contributed by atoms with Crippen molar-refractivity contribution in [3.8, 4) is 0 Å². The minimum absolute atomic E-state index is 0.457. The predicted octanol–water partition coefficient (Wildman–Crippen LogP) is -1.97. The molecule has 1 fully saturated rings. The first kappa shape index (κ1) is 10.1. The van der Waals surface area contributed by atoms with Gasteiger partial charge in [0, 0.05) is 14.1 Å². The quantitative estimate of drug-likeness (QED) is 0.308. The fourth-order valence-corrected chi connectivity index (χ4v) is 1.27. The third-order valence-electron chi connectivity index (χ3n) is 2.10. The molecule has 0 bridgehead atoms. The van der Waals surface area contributed by atoms with Crippen molar-refractivity contribution in [1.82, 2.24) is 9.80 Å². The normalized spacial score (nSPS) is 23.4. The van der Waals surface area contributed by atoms with Crippen LogP contribution in [0.1, 0.15) is 6.42 Å². The SMILES string of the molecule is CN1C(=NN)CC(=NN)N(C)C1=NN. The molecule has 0 aromatic carbocycles. The molecule has 0 unspecified atom stereocenters. The zero-order valence-corrected chi connectivity index (χ0v) is 8.18. The van der Waals surface area contributed by atoms with Gasteiger partial charge in [-0.1, -0.05) is 0 Å². The van der Waals surface area contributed by atoms with Crippen molar-refractivity contribution in [2.45, 2.75) is 6.42 Å². The lowest BCUT2D eigenvalue weighted by molar-refractivity contribution is 0.561. The van der Waals surface area contributed by atoms with E-state index in [0.717, 1.165) is 0 Å². The highest BCUT2D eigenvalue weighted by atomic mass is 15.5. The second kappa shape index (κ2) is 3.81. The van der Waals surface area contributed by atoms with Crippen LogP contribution in [0, 0.1) is 0 Å². The van der Waals surface area contributed by atoms with E-state index in [1.54, 1.807) is 23.9 Å². The smallest absolute Gasteiger partial charge is 0.229 e. The van der Waals surface area contributed by atoms with E-state index in [1.165, 1.54) is 0 Å². The Bertz CT molecular complexity index is 277. The largest absolute Gasteiger partial charge is 0.322 e. The number of amidine groups is 2. The molecule has 1 saturated heterocycles. The maximum atomic E-state index is 5.23. The second-order valence-electron chi connectivity index (χ2n) is 2.81. The van der Waals surface area contributed by atoms with E-state index in [9.17, 15) is 0 Å². The maximum Gasteiger partial charge on any atom is 0.229 e. The zero-order valence-electron chi connectivity index (χ0n) is 8.18. The molecule has 8 heteroatoms. The van der Waals surface area contributed by atoms with Crippen LogP contribution in [0.4, 0.5) is 0 Å². The highest BCUT2D eigenvalue weighted by Crippen LogP contribution is 2.09. The Labute approximate surface area is 81.7 Å². The molecule has 6 N–H and O–H groups in total. The highest BCUT2D eigenvalue weighted by molar-refractivity contribution is 6.18. The Morgan fingerprint density at radius 2 is 1.36 bits per heavy atom. The van der Waals surface area contributed by atoms with Gasteiger partial charge in [0.05, 0.1) is 6.42 Å². The summed E-state index contributed by atoms with van der Waals surface area (Å²) in [5.74, 6) is 17.4. The van der Waals surface area contributed by atoms with Crippen LogP contribution in [0.2, 0.25) is 0 Å². The van der Waals surface area contributed by atoms with Gasteiger partial charge in [-0.05, 0) is 0 Å². The summed E-state index contributed by atoms with van der Waals surface area (Å²) in [5, 5.41) is 10.8. The molecule has 0 radical (unpaired) electrons. The van der Waals surface area contributed by atoms with E-state index in [0.29, 0.717) is 24.1 Å². The van der Waals surface area contributed by atoms with Gasteiger partial charge in [-0.25, -0.2) is 0 Å². The van der Waals surface area contributed by atoms with Gasteiger partial charge in [0.15, 0.2) is 0 Å². The summed E-state index contributed by atoms with van der Waals surface area (Å²) in [6.45, 7) is 0. The van der Waals surface area contributed by atoms with Gasteiger partial charge >= 0.3 is 0 Å². The van der Waals surface area contributed by atoms with Crippen LogP contribution < -0.4 is 17.5 Å². The molecule has 0 aromatic rings. The summed E-state index contributed by atoms with van der Waals surface area (Å²) < 4.78 is 0. The first-order valence-corrected chi connectivity index (χ1v) is 3.94. The number of hydrogen-bond donors (Lipinski definition) is 3. The molecular weight excluding hydrogens is 184 g/mol. The topological polar surface area (TPSA) is 122 Å². The minimum atomic E-state index is 0.457. The van der Waals surface area contributed by atoms with E-state index in [2.05, 4.69) is 15.3 Å². The third-order valence-corrected chi connectivity index (χ3v) is 2.10. The predicted molar refractivity (Wildman–Crippen MR) is 55.0 cm³/mol. The number of nitrogens with zero attached hydrogens (tertiary/aromatic N) is 5. The van der Waals surface area contributed by atoms with Gasteiger partial charge in [-0.2, -0.15) is 10.2 Å². The Kier molecular flexibility index (Phi) is 2.75. The van der Waals surface area contributed by atoms with Crippen molar-refractivity contribution in [3.05, 3.63) is 0 Å². The Hall–Kier alpha value is -1.99. The van der Waals surface area contributed by atoms with Crippen molar-refractivity contribution in [2.75, 3.05) is 14.1 Å². The summed E-state index contributed by atoms with van der Waals surface area (Å²) in [4.78, 5) is 3.35. The molecule has 14 heavy (non-hydrogen) atoms. The molecule has 78 valence electrons. The average Bonchev–Trinajstić information content (AvgIpc) is 2.19. The van der Waals surface area contributed by atoms with Gasteiger partial charge in [0.25, 0.3) is 0 Å². The number of hydrazone groups is 3. The lowest BCUT2D eigenvalue weighted by atomic mass is 10.2. The molecule has 0 amide bonds. The van der Waals surface area contributed by atoms with Crippen LogP contribution in [0.5, 0.6) is 0 Å². The summed E-state index contributed by atoms with van der Waals surface area (Å²) in [6.07, 6.45) is 0.457.